The van der Waals surface area contributed by atoms with Crippen LogP contribution >= 0.6 is 0 Å². The average Bonchev–Trinajstić information content (AvgIpc) is 2.45. The molecule has 1 aromatic rings. The van der Waals surface area contributed by atoms with Crippen molar-refractivity contribution in [1.29, 1.82) is 0 Å². The van der Waals surface area contributed by atoms with Gasteiger partial charge in [-0.25, -0.2) is 4.79 Å². The Balaban J connectivity index is 1.59. The van der Waals surface area contributed by atoms with Crippen molar-refractivity contribution in [2.24, 2.45) is 0 Å². The van der Waals surface area contributed by atoms with Gasteiger partial charge in [0.25, 0.3) is 0 Å². The van der Waals surface area contributed by atoms with E-state index in [1.807, 2.05) is 12.1 Å². The molecule has 2 amide bonds. The summed E-state index contributed by atoms with van der Waals surface area (Å²) in [6.45, 7) is 0.661. The number of carbonyl (C=O) groups excluding carboxylic acids is 1. The van der Waals surface area contributed by atoms with Gasteiger partial charge in [0.1, 0.15) is 5.75 Å². The monoisotopic (exact) mass is 276 g/mol. The number of carbonyl (C=O) groups is 1. The van der Waals surface area contributed by atoms with Gasteiger partial charge in [-0.15, -0.1) is 0 Å². The van der Waals surface area contributed by atoms with E-state index in [4.69, 9.17) is 0 Å². The number of amides is 2. The molecule has 0 atom stereocenters. The van der Waals surface area contributed by atoms with Gasteiger partial charge < -0.3 is 15.7 Å². The zero-order valence-corrected chi connectivity index (χ0v) is 11.9. The second-order valence-corrected chi connectivity index (χ2v) is 5.51. The van der Waals surface area contributed by atoms with Crippen LogP contribution in [0, 0.1) is 0 Å². The van der Waals surface area contributed by atoms with Gasteiger partial charge in [-0.2, -0.15) is 0 Å². The third kappa shape index (κ3) is 5.11. The predicted molar refractivity (Wildman–Crippen MR) is 79.8 cm³/mol. The summed E-state index contributed by atoms with van der Waals surface area (Å²) in [6, 6.07) is 7.57. The van der Waals surface area contributed by atoms with Crippen molar-refractivity contribution in [3.8, 4) is 5.75 Å². The predicted octanol–water partition coefficient (Wildman–Crippen LogP) is 2.96. The van der Waals surface area contributed by atoms with E-state index < -0.39 is 0 Å². The van der Waals surface area contributed by atoms with Gasteiger partial charge in [-0.05, 0) is 43.4 Å². The van der Waals surface area contributed by atoms with Gasteiger partial charge in [0.2, 0.25) is 0 Å². The quantitative estimate of drug-likeness (QED) is 0.724. The van der Waals surface area contributed by atoms with Crippen LogP contribution in [0.2, 0.25) is 0 Å². The maximum absolute atomic E-state index is 11.7. The Morgan fingerprint density at radius 2 is 2.05 bits per heavy atom. The van der Waals surface area contributed by atoms with Crippen LogP contribution in [-0.4, -0.2) is 23.7 Å². The van der Waals surface area contributed by atoms with E-state index in [0.717, 1.165) is 31.2 Å². The highest BCUT2D eigenvalue weighted by Crippen LogP contribution is 2.17. The van der Waals surface area contributed by atoms with Gasteiger partial charge in [0, 0.05) is 12.6 Å². The lowest BCUT2D eigenvalue weighted by Gasteiger charge is -2.22. The first-order valence-corrected chi connectivity index (χ1v) is 7.56. The zero-order chi connectivity index (χ0) is 14.2. The number of hydrogen-bond acceptors (Lipinski definition) is 2. The molecule has 3 N–H and O–H groups in total. The van der Waals surface area contributed by atoms with Crippen LogP contribution in [0.3, 0.4) is 0 Å². The number of nitrogens with one attached hydrogen (secondary N) is 2. The summed E-state index contributed by atoms with van der Waals surface area (Å²) >= 11 is 0. The SMILES string of the molecule is O=C(NCCCc1cccc(O)c1)NC1CCCCC1. The molecule has 20 heavy (non-hydrogen) atoms. The molecule has 0 bridgehead atoms. The topological polar surface area (TPSA) is 61.4 Å². The number of rotatable bonds is 5. The van der Waals surface area contributed by atoms with E-state index in [9.17, 15) is 9.90 Å². The van der Waals surface area contributed by atoms with E-state index in [1.165, 1.54) is 19.3 Å². The first-order chi connectivity index (χ1) is 9.74. The van der Waals surface area contributed by atoms with Gasteiger partial charge in [0.15, 0.2) is 0 Å². The number of benzene rings is 1. The molecular formula is C16H24N2O2. The minimum absolute atomic E-state index is 0.0483. The number of aromatic hydroxyl groups is 1. The van der Waals surface area contributed by atoms with E-state index in [2.05, 4.69) is 10.6 Å². The molecule has 110 valence electrons. The Bertz CT molecular complexity index is 428. The lowest BCUT2D eigenvalue weighted by atomic mass is 9.96. The third-order valence-electron chi connectivity index (χ3n) is 3.78. The molecule has 1 aliphatic rings. The zero-order valence-electron chi connectivity index (χ0n) is 11.9. The molecule has 0 spiro atoms. The molecule has 4 nitrogen and oxygen atoms in total. The van der Waals surface area contributed by atoms with E-state index in [0.29, 0.717) is 18.3 Å². The van der Waals surface area contributed by atoms with Crippen LogP contribution in [0.5, 0.6) is 5.75 Å². The molecular weight excluding hydrogens is 252 g/mol. The minimum Gasteiger partial charge on any atom is -0.508 e. The fraction of sp³-hybridized carbons (Fsp3) is 0.562. The van der Waals surface area contributed by atoms with E-state index >= 15 is 0 Å². The van der Waals surface area contributed by atoms with Crippen molar-refractivity contribution in [2.75, 3.05) is 6.54 Å². The minimum atomic E-state index is -0.0483. The van der Waals surface area contributed by atoms with Crippen molar-refractivity contribution >= 4 is 6.03 Å². The van der Waals surface area contributed by atoms with Gasteiger partial charge in [-0.3, -0.25) is 0 Å². The molecule has 0 radical (unpaired) electrons. The molecule has 2 rings (SSSR count). The maximum Gasteiger partial charge on any atom is 0.315 e. The number of phenols is 1. The van der Waals surface area contributed by atoms with Gasteiger partial charge in [-0.1, -0.05) is 31.4 Å². The standard InChI is InChI=1S/C16H24N2O2/c19-15-10-4-6-13(12-15)7-5-11-17-16(20)18-14-8-2-1-3-9-14/h4,6,10,12,14,19H,1-3,5,7-9,11H2,(H2,17,18,20). The fourth-order valence-corrected chi connectivity index (χ4v) is 2.69. The summed E-state index contributed by atoms with van der Waals surface area (Å²) in [5.41, 5.74) is 1.10. The Morgan fingerprint density at radius 3 is 2.80 bits per heavy atom. The molecule has 0 saturated heterocycles. The summed E-state index contributed by atoms with van der Waals surface area (Å²) in [5, 5.41) is 15.3. The Kier molecular flexibility index (Phi) is 5.71. The second-order valence-electron chi connectivity index (χ2n) is 5.51. The summed E-state index contributed by atoms with van der Waals surface area (Å²) in [6.07, 6.45) is 7.70. The van der Waals surface area contributed by atoms with E-state index in [1.54, 1.807) is 12.1 Å². The molecule has 1 aliphatic carbocycles. The Labute approximate surface area is 120 Å². The molecule has 1 aromatic carbocycles. The fourth-order valence-electron chi connectivity index (χ4n) is 2.69. The lowest BCUT2D eigenvalue weighted by molar-refractivity contribution is 0.232. The maximum atomic E-state index is 11.7. The molecule has 0 aliphatic heterocycles. The van der Waals surface area contributed by atoms with Crippen molar-refractivity contribution in [3.63, 3.8) is 0 Å². The van der Waals surface area contributed by atoms with Crippen molar-refractivity contribution in [1.82, 2.24) is 10.6 Å². The Hall–Kier alpha value is -1.71. The van der Waals surface area contributed by atoms with Crippen LogP contribution < -0.4 is 10.6 Å². The highest BCUT2D eigenvalue weighted by molar-refractivity contribution is 5.74. The van der Waals surface area contributed by atoms with Gasteiger partial charge in [0.05, 0.1) is 0 Å². The number of aryl methyl sites for hydroxylation is 1. The normalized spacial score (nSPS) is 15.8. The largest absolute Gasteiger partial charge is 0.508 e. The van der Waals surface area contributed by atoms with Crippen molar-refractivity contribution in [2.45, 2.75) is 51.0 Å². The first-order valence-electron chi connectivity index (χ1n) is 7.56. The lowest BCUT2D eigenvalue weighted by Crippen LogP contribution is -2.43. The van der Waals surface area contributed by atoms with Crippen LogP contribution in [0.1, 0.15) is 44.1 Å². The van der Waals surface area contributed by atoms with Crippen LogP contribution in [0.4, 0.5) is 4.79 Å². The number of phenolic OH excluding ortho intramolecular Hbond substituents is 1. The first kappa shape index (κ1) is 14.7. The Morgan fingerprint density at radius 1 is 1.25 bits per heavy atom. The highest BCUT2D eigenvalue weighted by atomic mass is 16.3. The molecule has 1 saturated carbocycles. The molecule has 0 aromatic heterocycles. The number of urea groups is 1. The van der Waals surface area contributed by atoms with Crippen LogP contribution in [0.25, 0.3) is 0 Å². The molecule has 4 heteroatoms. The smallest absolute Gasteiger partial charge is 0.315 e. The highest BCUT2D eigenvalue weighted by Gasteiger charge is 2.14. The molecule has 0 heterocycles. The molecule has 0 unspecified atom stereocenters. The van der Waals surface area contributed by atoms with Crippen molar-refractivity contribution < 1.29 is 9.90 Å². The average molecular weight is 276 g/mol. The number of hydrogen-bond donors (Lipinski definition) is 3. The van der Waals surface area contributed by atoms with Gasteiger partial charge >= 0.3 is 6.03 Å². The van der Waals surface area contributed by atoms with E-state index in [-0.39, 0.29) is 6.03 Å². The second kappa shape index (κ2) is 7.78. The summed E-state index contributed by atoms with van der Waals surface area (Å²) in [4.78, 5) is 11.7. The summed E-state index contributed by atoms with van der Waals surface area (Å²) in [5.74, 6) is 0.297. The van der Waals surface area contributed by atoms with Crippen molar-refractivity contribution in [3.05, 3.63) is 29.8 Å². The summed E-state index contributed by atoms with van der Waals surface area (Å²) < 4.78 is 0. The molecule has 1 fully saturated rings. The summed E-state index contributed by atoms with van der Waals surface area (Å²) in [7, 11) is 0. The van der Waals surface area contributed by atoms with Crippen LogP contribution in [0.15, 0.2) is 24.3 Å². The van der Waals surface area contributed by atoms with Crippen LogP contribution in [-0.2, 0) is 6.42 Å². The third-order valence-corrected chi connectivity index (χ3v) is 3.78.